The molecule has 0 amide bonds. The minimum atomic E-state index is 0.632. The smallest absolute Gasteiger partial charge is 0.164 e. The SMILES string of the molecule is c1ccc(-c2ccc(-c3nc(-c4ccccc4)nc(-c4ccc(-c5ccc(-c6nc7ccncc7c7c6sc6ccccc67)cc5)cc4)n3)cc2)cc1.c1ccc(-c2ccc(-c3nc(-c4ccccc4)nc(-c4ccc(-c5ccc(-c6nc7cnccc7c7c6sc6ccccc67)cc5)cc4)n3)cc2)cc1. The second-order valence-electron chi connectivity index (χ2n) is 25.9. The third kappa shape index (κ3) is 12.2. The molecule has 0 atom stereocenters. The van der Waals surface area contributed by atoms with Crippen LogP contribution in [0.25, 0.3) is 197 Å². The first-order valence-corrected chi connectivity index (χ1v) is 36.6. The lowest BCUT2D eigenvalue weighted by atomic mass is 10.00. The molecule has 8 heterocycles. The van der Waals surface area contributed by atoms with Crippen molar-refractivity contribution in [3.05, 3.63) is 352 Å². The van der Waals surface area contributed by atoms with Crippen molar-refractivity contribution < 1.29 is 0 Å². The van der Waals surface area contributed by atoms with Gasteiger partial charge >= 0.3 is 0 Å². The van der Waals surface area contributed by atoms with Crippen LogP contribution < -0.4 is 0 Å². The highest BCUT2D eigenvalue weighted by molar-refractivity contribution is 7.27. The molecule has 12 aromatic carbocycles. The van der Waals surface area contributed by atoms with E-state index in [1.54, 1.807) is 22.7 Å². The summed E-state index contributed by atoms with van der Waals surface area (Å²) in [6, 6.07) is 113. The molecule has 0 aliphatic heterocycles. The topological polar surface area (TPSA) is 129 Å². The molecule has 0 unspecified atom stereocenters. The van der Waals surface area contributed by atoms with E-state index in [0.717, 1.165) is 111 Å². The summed E-state index contributed by atoms with van der Waals surface area (Å²) in [5.41, 5.74) is 20.7. The van der Waals surface area contributed by atoms with Crippen LogP contribution in [0.4, 0.5) is 0 Å². The highest BCUT2D eigenvalue weighted by atomic mass is 32.1. The van der Waals surface area contributed by atoms with E-state index in [-0.39, 0.29) is 0 Å². The van der Waals surface area contributed by atoms with Crippen LogP contribution >= 0.6 is 22.7 Å². The second-order valence-corrected chi connectivity index (χ2v) is 28.0. The number of rotatable bonds is 12. The number of pyridine rings is 4. The molecule has 0 saturated heterocycles. The van der Waals surface area contributed by atoms with Gasteiger partial charge in [0.25, 0.3) is 0 Å². The fraction of sp³-hybridized carbons (Fsp3) is 0. The molecule has 0 aliphatic rings. The molecule has 0 saturated carbocycles. The van der Waals surface area contributed by atoms with Gasteiger partial charge in [-0.3, -0.25) is 9.97 Å². The summed E-state index contributed by atoms with van der Waals surface area (Å²) >= 11 is 3.59. The molecular formula is C94H58N10S2. The Bertz CT molecular complexity index is 6220. The van der Waals surface area contributed by atoms with Gasteiger partial charge in [0.2, 0.25) is 0 Å². The van der Waals surface area contributed by atoms with Gasteiger partial charge in [-0.15, -0.1) is 22.7 Å². The number of aromatic nitrogens is 10. The Morgan fingerprint density at radius 1 is 0.179 bits per heavy atom. The summed E-state index contributed by atoms with van der Waals surface area (Å²) in [5, 5.41) is 7.19. The Balaban J connectivity index is 0.000000145. The molecular weight excluding hydrogens is 1330 g/mol. The summed E-state index contributed by atoms with van der Waals surface area (Å²) in [4.78, 5) is 48.8. The first-order valence-electron chi connectivity index (χ1n) is 35.0. The zero-order chi connectivity index (χ0) is 70.3. The van der Waals surface area contributed by atoms with Gasteiger partial charge in [0.05, 0.1) is 38.0 Å². The normalized spacial score (nSPS) is 11.4. The number of fused-ring (bicyclic) bond motifs is 10. The number of nitrogens with zero attached hydrogens (tertiary/aromatic N) is 10. The van der Waals surface area contributed by atoms with E-state index in [9.17, 15) is 0 Å². The number of benzene rings is 12. The maximum Gasteiger partial charge on any atom is 0.164 e. The van der Waals surface area contributed by atoms with Crippen molar-refractivity contribution in [1.82, 2.24) is 49.8 Å². The lowest BCUT2D eigenvalue weighted by Crippen LogP contribution is -2.00. The molecule has 12 heteroatoms. The first-order chi connectivity index (χ1) is 52.5. The van der Waals surface area contributed by atoms with E-state index in [4.69, 9.17) is 39.9 Å². The summed E-state index contributed by atoms with van der Waals surface area (Å²) in [5.74, 6) is 3.82. The van der Waals surface area contributed by atoms with E-state index in [0.29, 0.717) is 34.9 Å². The van der Waals surface area contributed by atoms with Crippen molar-refractivity contribution in [3.63, 3.8) is 0 Å². The third-order valence-electron chi connectivity index (χ3n) is 19.3. The van der Waals surface area contributed by atoms with Crippen LogP contribution in [0.1, 0.15) is 0 Å². The highest BCUT2D eigenvalue weighted by Gasteiger charge is 2.21. The van der Waals surface area contributed by atoms with E-state index >= 15 is 0 Å². The van der Waals surface area contributed by atoms with Gasteiger partial charge in [0, 0.05) is 105 Å². The Labute approximate surface area is 618 Å². The molecule has 20 aromatic rings. The monoisotopic (exact) mass is 1390 g/mol. The zero-order valence-corrected chi connectivity index (χ0v) is 58.4. The van der Waals surface area contributed by atoms with Crippen LogP contribution in [0.15, 0.2) is 352 Å². The maximum absolute atomic E-state index is 5.14. The van der Waals surface area contributed by atoms with E-state index in [1.807, 2.05) is 104 Å². The van der Waals surface area contributed by atoms with Gasteiger partial charge in [0.15, 0.2) is 34.9 Å². The number of hydrogen-bond acceptors (Lipinski definition) is 12. The molecule has 0 bridgehead atoms. The van der Waals surface area contributed by atoms with Crippen molar-refractivity contribution in [2.75, 3.05) is 0 Å². The summed E-state index contributed by atoms with van der Waals surface area (Å²) < 4.78 is 4.89. The summed E-state index contributed by atoms with van der Waals surface area (Å²) in [6.45, 7) is 0. The fourth-order valence-corrected chi connectivity index (χ4v) is 16.4. The van der Waals surface area contributed by atoms with E-state index < -0.39 is 0 Å². The molecule has 106 heavy (non-hydrogen) atoms. The molecule has 20 rings (SSSR count). The van der Waals surface area contributed by atoms with Crippen LogP contribution in [0.2, 0.25) is 0 Å². The Morgan fingerprint density at radius 3 is 0.811 bits per heavy atom. The van der Waals surface area contributed by atoms with Crippen molar-refractivity contribution in [3.8, 4) is 135 Å². The van der Waals surface area contributed by atoms with Gasteiger partial charge < -0.3 is 0 Å². The second kappa shape index (κ2) is 27.5. The molecule has 0 N–H and O–H groups in total. The Morgan fingerprint density at radius 2 is 0.443 bits per heavy atom. The van der Waals surface area contributed by atoms with Crippen LogP contribution in [0.3, 0.4) is 0 Å². The standard InChI is InChI=1S/2C47H29N5S/c1-3-9-30(10-4-1)31-17-23-36(24-18-31)46-50-45(35-11-5-2-6-12-35)51-47(52-46)37-25-19-33(20-26-37)32-15-21-34(22-16-32)43-44-42(38-27-28-48-29-40(38)49-43)39-13-7-8-14-41(39)53-44;1-3-9-30(10-4-1)31-17-23-36(24-18-31)46-50-45(35-11-5-2-6-12-35)51-47(52-46)37-25-19-33(20-26-37)32-15-21-34(22-16-32)43-44-42(38-13-7-8-14-41(38)53-44)39-29-48-28-27-40(39)49-43/h2*1-29H. The Hall–Kier alpha value is -13.8. The minimum Gasteiger partial charge on any atom is -0.264 e. The lowest BCUT2D eigenvalue weighted by Gasteiger charge is -2.10. The number of thiophene rings is 2. The number of hydrogen-bond donors (Lipinski definition) is 0. The van der Waals surface area contributed by atoms with Crippen LogP contribution in [0.5, 0.6) is 0 Å². The lowest BCUT2D eigenvalue weighted by molar-refractivity contribution is 1.07. The van der Waals surface area contributed by atoms with Crippen LogP contribution in [-0.4, -0.2) is 49.8 Å². The third-order valence-corrected chi connectivity index (χ3v) is 21.7. The van der Waals surface area contributed by atoms with Gasteiger partial charge in [-0.25, -0.2) is 39.9 Å². The Kier molecular flexibility index (Phi) is 16.4. The average Bonchev–Trinajstić information content (AvgIpc) is 1.59. The van der Waals surface area contributed by atoms with E-state index in [1.165, 1.54) is 51.5 Å². The largest absolute Gasteiger partial charge is 0.264 e. The average molecular weight is 1390 g/mol. The van der Waals surface area contributed by atoms with Crippen molar-refractivity contribution >= 4 is 84.8 Å². The molecule has 0 aliphatic carbocycles. The van der Waals surface area contributed by atoms with Crippen LogP contribution in [-0.2, 0) is 0 Å². The van der Waals surface area contributed by atoms with E-state index in [2.05, 4.69) is 259 Å². The predicted molar refractivity (Wildman–Crippen MR) is 437 cm³/mol. The van der Waals surface area contributed by atoms with Gasteiger partial charge in [0.1, 0.15) is 0 Å². The molecule has 10 nitrogen and oxygen atoms in total. The molecule has 496 valence electrons. The molecule has 0 radical (unpaired) electrons. The van der Waals surface area contributed by atoms with Crippen molar-refractivity contribution in [2.24, 2.45) is 0 Å². The van der Waals surface area contributed by atoms with Crippen molar-refractivity contribution in [1.29, 1.82) is 0 Å². The predicted octanol–water partition coefficient (Wildman–Crippen LogP) is 24.4. The first kappa shape index (κ1) is 63.2. The molecule has 0 spiro atoms. The van der Waals surface area contributed by atoms with Gasteiger partial charge in [-0.2, -0.15) is 0 Å². The fourth-order valence-electron chi connectivity index (χ4n) is 13.9. The summed E-state index contributed by atoms with van der Waals surface area (Å²) in [6.07, 6.45) is 7.46. The molecule has 0 fully saturated rings. The zero-order valence-electron chi connectivity index (χ0n) is 56.8. The quantitative estimate of drug-likeness (QED) is 0.117. The highest BCUT2D eigenvalue weighted by Crippen LogP contribution is 2.45. The summed E-state index contributed by atoms with van der Waals surface area (Å²) in [7, 11) is 0. The molecule has 8 aromatic heterocycles. The van der Waals surface area contributed by atoms with Gasteiger partial charge in [-0.1, -0.05) is 303 Å². The van der Waals surface area contributed by atoms with Crippen molar-refractivity contribution in [2.45, 2.75) is 0 Å². The minimum absolute atomic E-state index is 0.632. The maximum atomic E-state index is 5.14. The van der Waals surface area contributed by atoms with Crippen LogP contribution in [0, 0.1) is 0 Å². The van der Waals surface area contributed by atoms with Gasteiger partial charge in [-0.05, 0) is 68.8 Å².